The molecule has 7 nitrogen and oxygen atoms in total. The minimum absolute atomic E-state index is 0. The lowest BCUT2D eigenvalue weighted by Crippen LogP contribution is -2.43. The number of halogens is 1. The standard InChI is InChI=1S/C19H23N7S.ClH/c1-2-4-13(3-1)18-24-25-19(27-18)23-17-6-5-15-16(22-17)11-14(12-21-15)26-9-7-20-8-10-26;/h5-6,11-13,20H,1-4,7-10H2,(H,22,23,25);1H. The highest BCUT2D eigenvalue weighted by Gasteiger charge is 2.21. The summed E-state index contributed by atoms with van der Waals surface area (Å²) in [5, 5.41) is 17.4. The zero-order valence-electron chi connectivity index (χ0n) is 15.6. The molecule has 0 unspecified atom stereocenters. The molecule has 2 N–H and O–H groups in total. The second-order valence-electron chi connectivity index (χ2n) is 7.22. The van der Waals surface area contributed by atoms with Crippen LogP contribution in [-0.4, -0.2) is 46.3 Å². The summed E-state index contributed by atoms with van der Waals surface area (Å²) in [6.07, 6.45) is 7.04. The van der Waals surface area contributed by atoms with Gasteiger partial charge in [0.15, 0.2) is 0 Å². The van der Waals surface area contributed by atoms with Gasteiger partial charge in [-0.1, -0.05) is 24.2 Å². The van der Waals surface area contributed by atoms with Gasteiger partial charge in [-0.3, -0.25) is 4.98 Å². The fourth-order valence-electron chi connectivity index (χ4n) is 3.89. The van der Waals surface area contributed by atoms with Crippen LogP contribution in [0.5, 0.6) is 0 Å². The van der Waals surface area contributed by atoms with Crippen LogP contribution in [0.2, 0.25) is 0 Å². The molecule has 4 heterocycles. The summed E-state index contributed by atoms with van der Waals surface area (Å²) in [5.41, 5.74) is 2.94. The van der Waals surface area contributed by atoms with Gasteiger partial charge in [-0.2, -0.15) is 0 Å². The Morgan fingerprint density at radius 1 is 1.07 bits per heavy atom. The summed E-state index contributed by atoms with van der Waals surface area (Å²) in [6.45, 7) is 4.01. The summed E-state index contributed by atoms with van der Waals surface area (Å²) in [7, 11) is 0. The van der Waals surface area contributed by atoms with Crippen molar-refractivity contribution < 1.29 is 0 Å². The number of hydrogen-bond donors (Lipinski definition) is 2. The maximum Gasteiger partial charge on any atom is 0.211 e. The van der Waals surface area contributed by atoms with E-state index in [1.54, 1.807) is 11.3 Å². The van der Waals surface area contributed by atoms with Crippen molar-refractivity contribution in [3.63, 3.8) is 0 Å². The quantitative estimate of drug-likeness (QED) is 0.669. The van der Waals surface area contributed by atoms with Crippen LogP contribution >= 0.6 is 23.7 Å². The van der Waals surface area contributed by atoms with Gasteiger partial charge in [0.05, 0.1) is 22.9 Å². The molecule has 0 atom stereocenters. The van der Waals surface area contributed by atoms with Crippen molar-refractivity contribution in [3.05, 3.63) is 29.4 Å². The Morgan fingerprint density at radius 3 is 2.71 bits per heavy atom. The van der Waals surface area contributed by atoms with E-state index in [0.29, 0.717) is 5.92 Å². The van der Waals surface area contributed by atoms with Gasteiger partial charge in [0.2, 0.25) is 5.13 Å². The predicted octanol–water partition coefficient (Wildman–Crippen LogP) is 3.71. The molecule has 0 amide bonds. The SMILES string of the molecule is Cl.c1nc2ccc(Nc3nnc(C4CCCC4)s3)nc2cc1N1CCNCC1. The first-order chi connectivity index (χ1) is 13.3. The Labute approximate surface area is 174 Å². The van der Waals surface area contributed by atoms with E-state index in [2.05, 4.69) is 36.8 Å². The molecule has 148 valence electrons. The fraction of sp³-hybridized carbons (Fsp3) is 0.474. The van der Waals surface area contributed by atoms with Crippen molar-refractivity contribution in [2.24, 2.45) is 0 Å². The molecule has 9 heteroatoms. The Kier molecular flexibility index (Phi) is 5.89. The highest BCUT2D eigenvalue weighted by molar-refractivity contribution is 7.15. The molecule has 2 fully saturated rings. The number of nitrogens with one attached hydrogen (secondary N) is 2. The van der Waals surface area contributed by atoms with Gasteiger partial charge < -0.3 is 15.5 Å². The topological polar surface area (TPSA) is 78.9 Å². The van der Waals surface area contributed by atoms with Gasteiger partial charge in [-0.05, 0) is 31.0 Å². The van der Waals surface area contributed by atoms with Gasteiger partial charge in [0.1, 0.15) is 10.8 Å². The number of fused-ring (bicyclic) bond motifs is 1. The van der Waals surface area contributed by atoms with Crippen LogP contribution in [0.1, 0.15) is 36.6 Å². The zero-order valence-corrected chi connectivity index (χ0v) is 17.2. The highest BCUT2D eigenvalue weighted by Crippen LogP contribution is 2.36. The second-order valence-corrected chi connectivity index (χ2v) is 8.23. The highest BCUT2D eigenvalue weighted by atomic mass is 35.5. The van der Waals surface area contributed by atoms with Gasteiger partial charge >= 0.3 is 0 Å². The Bertz CT molecular complexity index is 935. The Hall–Kier alpha value is -2.03. The van der Waals surface area contributed by atoms with Crippen LogP contribution in [0.3, 0.4) is 0 Å². The number of piperazine rings is 1. The average Bonchev–Trinajstić information content (AvgIpc) is 3.40. The van der Waals surface area contributed by atoms with Crippen molar-refractivity contribution >= 4 is 51.4 Å². The minimum atomic E-state index is 0. The van der Waals surface area contributed by atoms with E-state index >= 15 is 0 Å². The Morgan fingerprint density at radius 2 is 1.89 bits per heavy atom. The molecule has 1 aliphatic heterocycles. The first-order valence-corrected chi connectivity index (χ1v) is 10.5. The number of nitrogens with zero attached hydrogens (tertiary/aromatic N) is 5. The number of hydrogen-bond acceptors (Lipinski definition) is 8. The third-order valence-electron chi connectivity index (χ3n) is 5.39. The summed E-state index contributed by atoms with van der Waals surface area (Å²) < 4.78 is 0. The zero-order chi connectivity index (χ0) is 18.1. The number of aromatic nitrogens is 4. The molecule has 2 aliphatic rings. The molecule has 0 spiro atoms. The third kappa shape index (κ3) is 4.04. The normalized spacial score (nSPS) is 17.6. The monoisotopic (exact) mass is 417 g/mol. The van der Waals surface area contributed by atoms with Crippen LogP contribution in [0.4, 0.5) is 16.6 Å². The molecule has 0 aromatic carbocycles. The van der Waals surface area contributed by atoms with E-state index in [-0.39, 0.29) is 12.4 Å². The molecule has 1 saturated heterocycles. The Balaban J connectivity index is 0.00000192. The predicted molar refractivity (Wildman–Crippen MR) is 116 cm³/mol. The molecule has 5 rings (SSSR count). The first kappa shape index (κ1) is 19.3. The molecule has 3 aromatic rings. The number of rotatable bonds is 4. The molecule has 0 radical (unpaired) electrons. The van der Waals surface area contributed by atoms with Crippen molar-refractivity contribution in [3.8, 4) is 0 Å². The maximum atomic E-state index is 4.76. The summed E-state index contributed by atoms with van der Waals surface area (Å²) in [4.78, 5) is 11.7. The molecule has 3 aromatic heterocycles. The van der Waals surface area contributed by atoms with Crippen molar-refractivity contribution in [1.29, 1.82) is 0 Å². The fourth-order valence-corrected chi connectivity index (χ4v) is 4.81. The van der Waals surface area contributed by atoms with Crippen molar-refractivity contribution in [2.75, 3.05) is 36.4 Å². The van der Waals surface area contributed by atoms with Gasteiger partial charge in [0, 0.05) is 32.1 Å². The first-order valence-electron chi connectivity index (χ1n) is 9.68. The number of anilines is 3. The van der Waals surface area contributed by atoms with E-state index in [0.717, 1.165) is 58.9 Å². The number of pyridine rings is 2. The van der Waals surface area contributed by atoms with E-state index < -0.39 is 0 Å². The lowest BCUT2D eigenvalue weighted by molar-refractivity contribution is 0.589. The van der Waals surface area contributed by atoms with Crippen LogP contribution in [0, 0.1) is 0 Å². The minimum Gasteiger partial charge on any atom is -0.368 e. The van der Waals surface area contributed by atoms with E-state index in [1.165, 1.54) is 25.7 Å². The van der Waals surface area contributed by atoms with Crippen molar-refractivity contribution in [1.82, 2.24) is 25.5 Å². The second kappa shape index (κ2) is 8.55. The molecular weight excluding hydrogens is 394 g/mol. The largest absolute Gasteiger partial charge is 0.368 e. The van der Waals surface area contributed by atoms with Crippen LogP contribution < -0.4 is 15.5 Å². The molecule has 1 saturated carbocycles. The lowest BCUT2D eigenvalue weighted by Gasteiger charge is -2.29. The van der Waals surface area contributed by atoms with Gasteiger partial charge in [0.25, 0.3) is 0 Å². The smallest absolute Gasteiger partial charge is 0.211 e. The molecule has 1 aliphatic carbocycles. The summed E-state index contributed by atoms with van der Waals surface area (Å²) >= 11 is 1.65. The summed E-state index contributed by atoms with van der Waals surface area (Å²) in [5.74, 6) is 1.38. The average molecular weight is 418 g/mol. The van der Waals surface area contributed by atoms with Crippen LogP contribution in [0.15, 0.2) is 24.4 Å². The molecular formula is C19H24ClN7S. The molecule has 28 heavy (non-hydrogen) atoms. The summed E-state index contributed by atoms with van der Waals surface area (Å²) in [6, 6.07) is 6.09. The molecule has 0 bridgehead atoms. The van der Waals surface area contributed by atoms with E-state index in [9.17, 15) is 0 Å². The van der Waals surface area contributed by atoms with E-state index in [4.69, 9.17) is 4.98 Å². The van der Waals surface area contributed by atoms with Crippen LogP contribution in [0.25, 0.3) is 11.0 Å². The van der Waals surface area contributed by atoms with Gasteiger partial charge in [-0.25, -0.2) is 4.98 Å². The third-order valence-corrected chi connectivity index (χ3v) is 6.39. The lowest BCUT2D eigenvalue weighted by atomic mass is 10.1. The van der Waals surface area contributed by atoms with Crippen molar-refractivity contribution in [2.45, 2.75) is 31.6 Å². The van der Waals surface area contributed by atoms with E-state index in [1.807, 2.05) is 18.3 Å². The van der Waals surface area contributed by atoms with Gasteiger partial charge in [-0.15, -0.1) is 22.6 Å². The van der Waals surface area contributed by atoms with Crippen LogP contribution in [-0.2, 0) is 0 Å². The maximum absolute atomic E-state index is 4.76.